The van der Waals surface area contributed by atoms with E-state index >= 15 is 0 Å². The Labute approximate surface area is 140 Å². The largest absolute Gasteiger partial charge is 0.456 e. The Bertz CT molecular complexity index is 1140. The van der Waals surface area contributed by atoms with Gasteiger partial charge in [0.2, 0.25) is 0 Å². The van der Waals surface area contributed by atoms with Crippen molar-refractivity contribution in [3.63, 3.8) is 0 Å². The Morgan fingerprint density at radius 2 is 1.17 bits per heavy atom. The molecule has 0 unspecified atom stereocenters. The lowest BCUT2D eigenvalue weighted by atomic mass is 10.1. The molecule has 0 amide bonds. The van der Waals surface area contributed by atoms with E-state index in [2.05, 4.69) is 39.0 Å². The third-order valence-corrected chi connectivity index (χ3v) is 3.89. The van der Waals surface area contributed by atoms with Gasteiger partial charge in [0, 0.05) is 16.2 Å². The van der Waals surface area contributed by atoms with Crippen molar-refractivity contribution in [2.45, 2.75) is 20.8 Å². The van der Waals surface area contributed by atoms with Gasteiger partial charge in [-0.3, -0.25) is 0 Å². The number of hydrogen-bond acceptors (Lipinski definition) is 2. The van der Waals surface area contributed by atoms with Crippen molar-refractivity contribution in [3.05, 3.63) is 60.7 Å². The van der Waals surface area contributed by atoms with Gasteiger partial charge in [-0.1, -0.05) is 57.2 Å². The van der Waals surface area contributed by atoms with E-state index in [9.17, 15) is 0 Å². The molecule has 5 aromatic rings. The van der Waals surface area contributed by atoms with Crippen LogP contribution in [0.4, 0.5) is 0 Å². The minimum absolute atomic E-state index is 0.833. The molecule has 0 radical (unpaired) electrons. The number of fused-ring (bicyclic) bond motifs is 7. The van der Waals surface area contributed by atoms with Gasteiger partial charge in [-0.05, 0) is 30.2 Å². The van der Waals surface area contributed by atoms with Crippen molar-refractivity contribution in [2.75, 3.05) is 0 Å². The Kier molecular flexibility index (Phi) is 3.53. The minimum Gasteiger partial charge on any atom is -0.456 e. The molecule has 0 saturated carbocycles. The topological polar surface area (TPSA) is 26.3 Å². The van der Waals surface area contributed by atoms with Crippen molar-refractivity contribution < 1.29 is 8.83 Å². The minimum atomic E-state index is 0.833. The van der Waals surface area contributed by atoms with E-state index in [0.29, 0.717) is 0 Å². The number of furan rings is 2. The van der Waals surface area contributed by atoms with Crippen LogP contribution in [0, 0.1) is 5.92 Å². The van der Waals surface area contributed by atoms with E-state index in [0.717, 1.165) is 49.8 Å². The first-order chi connectivity index (χ1) is 11.6. The van der Waals surface area contributed by atoms with Gasteiger partial charge in [-0.25, -0.2) is 0 Å². The SMILES string of the molecule is CC(C)C.c1ccc2c(c1)oc1c2ccc2oc3ccccc3c21. The molecule has 5 rings (SSSR count). The molecule has 2 heterocycles. The van der Waals surface area contributed by atoms with E-state index < -0.39 is 0 Å². The number of hydrogen-bond donors (Lipinski definition) is 0. The molecule has 3 aromatic carbocycles. The molecule has 2 nitrogen and oxygen atoms in total. The Balaban J connectivity index is 0.000000332. The summed E-state index contributed by atoms with van der Waals surface area (Å²) in [6.45, 7) is 6.50. The Morgan fingerprint density at radius 3 is 1.88 bits per heavy atom. The molecule has 120 valence electrons. The van der Waals surface area contributed by atoms with Crippen LogP contribution in [-0.4, -0.2) is 0 Å². The summed E-state index contributed by atoms with van der Waals surface area (Å²) in [6.07, 6.45) is 0. The first-order valence-electron chi connectivity index (χ1n) is 8.36. The maximum Gasteiger partial charge on any atom is 0.147 e. The monoisotopic (exact) mass is 316 g/mol. The highest BCUT2D eigenvalue weighted by Crippen LogP contribution is 2.38. The third kappa shape index (κ3) is 2.35. The van der Waals surface area contributed by atoms with Gasteiger partial charge in [-0.2, -0.15) is 0 Å². The number of rotatable bonds is 0. The smallest absolute Gasteiger partial charge is 0.147 e. The fourth-order valence-electron chi connectivity index (χ4n) is 2.99. The van der Waals surface area contributed by atoms with Crippen LogP contribution in [0.5, 0.6) is 0 Å². The van der Waals surface area contributed by atoms with Crippen molar-refractivity contribution in [1.29, 1.82) is 0 Å². The van der Waals surface area contributed by atoms with Crippen molar-refractivity contribution >= 4 is 43.9 Å². The summed E-state index contributed by atoms with van der Waals surface area (Å²) >= 11 is 0. The van der Waals surface area contributed by atoms with Crippen LogP contribution >= 0.6 is 0 Å². The molecule has 0 fully saturated rings. The maximum atomic E-state index is 6.07. The molecule has 0 atom stereocenters. The summed E-state index contributed by atoms with van der Waals surface area (Å²) in [5.74, 6) is 0.833. The fourth-order valence-corrected chi connectivity index (χ4v) is 2.99. The van der Waals surface area contributed by atoms with Crippen LogP contribution in [-0.2, 0) is 0 Å². The predicted octanol–water partition coefficient (Wildman–Crippen LogP) is 7.15. The van der Waals surface area contributed by atoms with Crippen LogP contribution < -0.4 is 0 Å². The van der Waals surface area contributed by atoms with E-state index in [4.69, 9.17) is 8.83 Å². The van der Waals surface area contributed by atoms with Crippen LogP contribution in [0.3, 0.4) is 0 Å². The third-order valence-electron chi connectivity index (χ3n) is 3.89. The highest BCUT2D eigenvalue weighted by molar-refractivity contribution is 6.21. The highest BCUT2D eigenvalue weighted by atomic mass is 16.3. The van der Waals surface area contributed by atoms with Crippen molar-refractivity contribution in [3.8, 4) is 0 Å². The summed E-state index contributed by atoms with van der Waals surface area (Å²) in [7, 11) is 0. The Morgan fingerprint density at radius 1 is 0.583 bits per heavy atom. The van der Waals surface area contributed by atoms with Crippen molar-refractivity contribution in [1.82, 2.24) is 0 Å². The summed E-state index contributed by atoms with van der Waals surface area (Å²) in [5.41, 5.74) is 3.60. The Hall–Kier alpha value is -2.74. The molecule has 0 aliphatic carbocycles. The molecule has 2 aromatic heterocycles. The standard InChI is InChI=1S/C18H10O2.C4H10/c1-3-7-14-11(5-1)12-9-10-16-17(18(12)20-14)13-6-2-4-8-15(13)19-16;1-4(2)3/h1-10H;4H,1-3H3. The molecule has 0 saturated heterocycles. The average molecular weight is 316 g/mol. The summed E-state index contributed by atoms with van der Waals surface area (Å²) in [4.78, 5) is 0. The highest BCUT2D eigenvalue weighted by Gasteiger charge is 2.14. The van der Waals surface area contributed by atoms with E-state index in [1.54, 1.807) is 0 Å². The van der Waals surface area contributed by atoms with Crippen LogP contribution in [0.15, 0.2) is 69.5 Å². The van der Waals surface area contributed by atoms with Gasteiger partial charge in [-0.15, -0.1) is 0 Å². The molecular formula is C22H20O2. The second kappa shape index (κ2) is 5.72. The second-order valence-electron chi connectivity index (χ2n) is 6.74. The van der Waals surface area contributed by atoms with E-state index in [1.165, 1.54) is 0 Å². The molecule has 0 spiro atoms. The zero-order valence-corrected chi connectivity index (χ0v) is 14.2. The first kappa shape index (κ1) is 14.8. The van der Waals surface area contributed by atoms with Crippen LogP contribution in [0.2, 0.25) is 0 Å². The average Bonchev–Trinajstić information content (AvgIpc) is 3.12. The molecular weight excluding hydrogens is 296 g/mol. The summed E-state index contributed by atoms with van der Waals surface area (Å²) < 4.78 is 12.0. The first-order valence-corrected chi connectivity index (χ1v) is 8.36. The lowest BCUT2D eigenvalue weighted by molar-refractivity contribution is 0.663. The van der Waals surface area contributed by atoms with Gasteiger partial charge >= 0.3 is 0 Å². The lowest BCUT2D eigenvalue weighted by Gasteiger charge is -1.91. The summed E-state index contributed by atoms with van der Waals surface area (Å²) in [6, 6.07) is 20.3. The number of benzene rings is 3. The van der Waals surface area contributed by atoms with E-state index in [-0.39, 0.29) is 0 Å². The van der Waals surface area contributed by atoms with Gasteiger partial charge in [0.1, 0.15) is 22.3 Å². The molecule has 2 heteroatoms. The lowest BCUT2D eigenvalue weighted by Crippen LogP contribution is -1.68. The van der Waals surface area contributed by atoms with Gasteiger partial charge in [0.05, 0.1) is 5.39 Å². The van der Waals surface area contributed by atoms with Gasteiger partial charge < -0.3 is 8.83 Å². The van der Waals surface area contributed by atoms with Gasteiger partial charge in [0.25, 0.3) is 0 Å². The molecule has 0 aliphatic heterocycles. The molecule has 0 bridgehead atoms. The van der Waals surface area contributed by atoms with Crippen LogP contribution in [0.25, 0.3) is 43.9 Å². The maximum absolute atomic E-state index is 6.07. The van der Waals surface area contributed by atoms with Crippen LogP contribution in [0.1, 0.15) is 20.8 Å². The molecule has 0 aliphatic rings. The summed E-state index contributed by atoms with van der Waals surface area (Å²) in [5, 5.41) is 4.45. The second-order valence-corrected chi connectivity index (χ2v) is 6.74. The predicted molar refractivity (Wildman–Crippen MR) is 102 cm³/mol. The zero-order valence-electron chi connectivity index (χ0n) is 14.2. The molecule has 0 N–H and O–H groups in total. The molecule has 24 heavy (non-hydrogen) atoms. The van der Waals surface area contributed by atoms with E-state index in [1.807, 2.05) is 42.5 Å². The quantitative estimate of drug-likeness (QED) is 0.303. The zero-order chi connectivity index (χ0) is 16.7. The van der Waals surface area contributed by atoms with Gasteiger partial charge in [0.15, 0.2) is 0 Å². The van der Waals surface area contributed by atoms with Crippen molar-refractivity contribution in [2.24, 2.45) is 5.92 Å². The fraction of sp³-hybridized carbons (Fsp3) is 0.182. The number of para-hydroxylation sites is 2. The normalized spacial score (nSPS) is 11.5.